The van der Waals surface area contributed by atoms with Gasteiger partial charge in [-0.05, 0) is 55.2 Å². The van der Waals surface area contributed by atoms with Gasteiger partial charge in [-0.1, -0.05) is 72.6 Å². The molecule has 41 heavy (non-hydrogen) atoms. The maximum Gasteiger partial charge on any atom is 0.296 e. The molecule has 1 aromatic heterocycles. The summed E-state index contributed by atoms with van der Waals surface area (Å²) in [5.41, 5.74) is 4.37. The lowest BCUT2D eigenvalue weighted by Crippen LogP contribution is -2.50. The minimum atomic E-state index is -0.686. The molecule has 3 aromatic rings. The van der Waals surface area contributed by atoms with Gasteiger partial charge in [0.15, 0.2) is 5.13 Å². The van der Waals surface area contributed by atoms with Crippen LogP contribution in [0.25, 0.3) is 5.32 Å². The lowest BCUT2D eigenvalue weighted by atomic mass is 9.52. The van der Waals surface area contributed by atoms with Crippen molar-refractivity contribution in [1.82, 2.24) is 14.8 Å². The number of ketones is 1. The van der Waals surface area contributed by atoms with Crippen LogP contribution >= 0.6 is 11.3 Å². The number of nitrogens with one attached hydrogen (secondary N) is 1. The van der Waals surface area contributed by atoms with E-state index in [1.807, 2.05) is 37.3 Å². The molecule has 8 nitrogen and oxygen atoms in total. The van der Waals surface area contributed by atoms with Gasteiger partial charge in [0.05, 0.1) is 5.41 Å². The molecule has 1 fully saturated rings. The van der Waals surface area contributed by atoms with Crippen LogP contribution in [0.4, 0.5) is 5.13 Å². The molecule has 3 heterocycles. The number of fused-ring (bicyclic) bond motifs is 1. The van der Waals surface area contributed by atoms with Crippen LogP contribution in [0.5, 0.6) is 0 Å². The minimum Gasteiger partial charge on any atom is -0.465 e. The average molecular weight is 565 g/mol. The Labute approximate surface area is 242 Å². The number of nitrogens with zero attached hydrogens (tertiary/aromatic N) is 4. The number of amides is 2. The van der Waals surface area contributed by atoms with Gasteiger partial charge in [-0.15, -0.1) is 11.3 Å². The van der Waals surface area contributed by atoms with Crippen molar-refractivity contribution in [2.75, 3.05) is 38.0 Å². The summed E-state index contributed by atoms with van der Waals surface area (Å²) >= 11 is 1.17. The maximum absolute atomic E-state index is 13.9. The van der Waals surface area contributed by atoms with E-state index in [2.05, 4.69) is 56.9 Å². The number of carbonyl (C=O) groups is 3. The van der Waals surface area contributed by atoms with Gasteiger partial charge in [0.25, 0.3) is 11.7 Å². The average Bonchev–Trinajstić information content (AvgIpc) is 3.49. The lowest BCUT2D eigenvalue weighted by Gasteiger charge is -2.50. The Morgan fingerprint density at radius 2 is 1.63 bits per heavy atom. The number of thiazole rings is 1. The number of hydrogen-bond acceptors (Lipinski definition) is 6. The number of anilines is 1. The van der Waals surface area contributed by atoms with Gasteiger partial charge in [-0.3, -0.25) is 14.4 Å². The molecule has 2 amide bonds. The van der Waals surface area contributed by atoms with Gasteiger partial charge in [-0.25, -0.2) is 4.98 Å². The first-order valence-electron chi connectivity index (χ1n) is 14.0. The summed E-state index contributed by atoms with van der Waals surface area (Å²) in [7, 11) is 0. The molecule has 2 bridgehead atoms. The molecule has 0 saturated carbocycles. The largest absolute Gasteiger partial charge is 0.465 e. The third kappa shape index (κ3) is 4.26. The molecule has 208 valence electrons. The van der Waals surface area contributed by atoms with E-state index in [9.17, 15) is 14.4 Å². The number of carbonyl (C=O) groups excluding carboxylic acids is 3. The fourth-order valence-corrected chi connectivity index (χ4v) is 7.56. The number of rotatable bonds is 5. The second-order valence-electron chi connectivity index (χ2n) is 11.3. The lowest BCUT2D eigenvalue weighted by molar-refractivity contribution is -0.128. The summed E-state index contributed by atoms with van der Waals surface area (Å²) in [6.45, 7) is 4.81. The van der Waals surface area contributed by atoms with Crippen LogP contribution in [-0.2, 0) is 9.59 Å². The highest BCUT2D eigenvalue weighted by molar-refractivity contribution is 7.14. The van der Waals surface area contributed by atoms with Gasteiger partial charge in [0.1, 0.15) is 5.69 Å². The van der Waals surface area contributed by atoms with Crippen LogP contribution < -0.4 is 5.32 Å². The zero-order valence-corrected chi connectivity index (χ0v) is 23.6. The Morgan fingerprint density at radius 3 is 2.27 bits per heavy atom. The summed E-state index contributed by atoms with van der Waals surface area (Å²) in [6, 6.07) is 16.8. The number of hydrogen-bond donors (Lipinski definition) is 1. The van der Waals surface area contributed by atoms with E-state index in [0.717, 1.165) is 5.82 Å². The molecule has 5 aliphatic rings. The van der Waals surface area contributed by atoms with E-state index in [1.165, 1.54) is 33.6 Å². The summed E-state index contributed by atoms with van der Waals surface area (Å²) < 4.78 is 0. The van der Waals surface area contributed by atoms with Crippen LogP contribution in [0.3, 0.4) is 0 Å². The van der Waals surface area contributed by atoms with Gasteiger partial charge in [-0.2, -0.15) is 0 Å². The smallest absolute Gasteiger partial charge is 0.296 e. The standard InChI is InChI=1S/C32H30N5O3S/c1-32(18-24-20-8-2-4-10-22(20)27(32)23-11-5-3-9-21(23)24)30(40)35-31-34-25(19-41-31)28(38)29(39)37-16-14-36(15-17-37)26-12-6-7-13-33-26/h2-12,19,24,27H,13-18H2,1H3,(H,34,35,40)/q-1. The van der Waals surface area contributed by atoms with Gasteiger partial charge >= 0.3 is 0 Å². The monoisotopic (exact) mass is 564 g/mol. The predicted molar refractivity (Wildman–Crippen MR) is 158 cm³/mol. The first-order valence-corrected chi connectivity index (χ1v) is 14.9. The molecule has 8 rings (SSSR count). The summed E-state index contributed by atoms with van der Waals surface area (Å²) in [4.78, 5) is 48.1. The molecule has 0 spiro atoms. The van der Waals surface area contributed by atoms with Crippen molar-refractivity contribution in [3.63, 3.8) is 0 Å². The summed E-state index contributed by atoms with van der Waals surface area (Å²) in [5, 5.41) is 9.38. The highest BCUT2D eigenvalue weighted by Gasteiger charge is 2.54. The van der Waals surface area contributed by atoms with E-state index < -0.39 is 17.1 Å². The quantitative estimate of drug-likeness (QED) is 0.352. The third-order valence-electron chi connectivity index (χ3n) is 8.93. The van der Waals surface area contributed by atoms with Crippen molar-refractivity contribution in [2.45, 2.75) is 25.2 Å². The molecule has 1 atom stereocenters. The Hall–Kier alpha value is -4.24. The molecular weight excluding hydrogens is 534 g/mol. The molecule has 0 radical (unpaired) electrons. The Morgan fingerprint density at radius 1 is 0.976 bits per heavy atom. The zero-order chi connectivity index (χ0) is 28.1. The first kappa shape index (κ1) is 25.7. The fraction of sp³-hybridized carbons (Fsp3) is 0.312. The molecule has 2 aliphatic heterocycles. The highest BCUT2D eigenvalue weighted by Crippen LogP contribution is 2.61. The van der Waals surface area contributed by atoms with Crippen molar-refractivity contribution in [3.05, 3.63) is 111 Å². The summed E-state index contributed by atoms with van der Waals surface area (Å²) in [6.07, 6.45) is 6.64. The maximum atomic E-state index is 13.9. The topological polar surface area (TPSA) is 96.7 Å². The number of Topliss-reactive ketones (excluding diaryl/α,β-unsaturated/α-hetero) is 1. The minimum absolute atomic E-state index is 0.0684. The zero-order valence-electron chi connectivity index (χ0n) is 22.7. The van der Waals surface area contributed by atoms with Crippen molar-refractivity contribution < 1.29 is 14.4 Å². The van der Waals surface area contributed by atoms with Crippen molar-refractivity contribution in [1.29, 1.82) is 0 Å². The van der Waals surface area contributed by atoms with Crippen LogP contribution in [0.2, 0.25) is 0 Å². The Bertz CT molecular complexity index is 1570. The molecular formula is C32H30N5O3S-. The molecule has 3 aliphatic carbocycles. The van der Waals surface area contributed by atoms with E-state index in [1.54, 1.807) is 10.3 Å². The number of allylic oxidation sites excluding steroid dienone is 2. The van der Waals surface area contributed by atoms with Crippen LogP contribution in [0.15, 0.2) is 78.0 Å². The summed E-state index contributed by atoms with van der Waals surface area (Å²) in [5.74, 6) is -0.344. The Balaban J connectivity index is 1.05. The van der Waals surface area contributed by atoms with Crippen LogP contribution in [-0.4, -0.2) is 65.1 Å². The van der Waals surface area contributed by atoms with Gasteiger partial charge < -0.3 is 20.4 Å². The van der Waals surface area contributed by atoms with Crippen molar-refractivity contribution >= 4 is 34.1 Å². The van der Waals surface area contributed by atoms with Crippen molar-refractivity contribution in [3.8, 4) is 0 Å². The van der Waals surface area contributed by atoms with Gasteiger partial charge in [0.2, 0.25) is 5.91 Å². The molecule has 9 heteroatoms. The predicted octanol–water partition coefficient (Wildman–Crippen LogP) is 4.88. The van der Waals surface area contributed by atoms with Gasteiger partial charge in [0, 0.05) is 30.3 Å². The number of benzene rings is 2. The number of piperazine rings is 1. The molecule has 1 N–H and O–H groups in total. The second kappa shape index (κ2) is 9.99. The van der Waals surface area contributed by atoms with Crippen LogP contribution in [0.1, 0.15) is 57.9 Å². The van der Waals surface area contributed by atoms with E-state index in [-0.39, 0.29) is 23.4 Å². The fourth-order valence-electron chi connectivity index (χ4n) is 6.88. The molecule has 2 aromatic carbocycles. The Kier molecular flexibility index (Phi) is 6.27. The van der Waals surface area contributed by atoms with E-state index in [0.29, 0.717) is 44.3 Å². The normalized spacial score (nSPS) is 24.2. The molecule has 1 unspecified atom stereocenters. The third-order valence-corrected chi connectivity index (χ3v) is 9.69. The highest BCUT2D eigenvalue weighted by atomic mass is 32.1. The van der Waals surface area contributed by atoms with E-state index >= 15 is 0 Å². The van der Waals surface area contributed by atoms with Crippen LogP contribution in [0, 0.1) is 5.41 Å². The second-order valence-corrected chi connectivity index (χ2v) is 12.1. The molecule has 1 saturated heterocycles. The number of aromatic nitrogens is 1. The SMILES string of the molecule is CC1(C(=O)Nc2nc(C(=O)C(=O)N3CCN(C4=CC=CC[N-]4)CC3)cs2)CC2c3ccccc3C1c1ccccc12. The van der Waals surface area contributed by atoms with Crippen molar-refractivity contribution in [2.24, 2.45) is 5.41 Å². The first-order chi connectivity index (χ1) is 19.9. The van der Waals surface area contributed by atoms with E-state index in [4.69, 9.17) is 0 Å².